The summed E-state index contributed by atoms with van der Waals surface area (Å²) < 4.78 is 2.79. The molecule has 0 aliphatic carbocycles. The third-order valence-corrected chi connectivity index (χ3v) is 2.94. The summed E-state index contributed by atoms with van der Waals surface area (Å²) in [6.45, 7) is 1.75. The molecule has 0 aliphatic heterocycles. The van der Waals surface area contributed by atoms with Gasteiger partial charge in [0.2, 0.25) is 0 Å². The van der Waals surface area contributed by atoms with Crippen LogP contribution in [0.15, 0.2) is 30.5 Å². The number of benzene rings is 1. The second kappa shape index (κ2) is 4.57. The Bertz CT molecular complexity index is 333. The summed E-state index contributed by atoms with van der Waals surface area (Å²) in [5, 5.41) is 0. The van der Waals surface area contributed by atoms with Crippen molar-refractivity contribution >= 4 is 59.3 Å². The van der Waals surface area contributed by atoms with Gasteiger partial charge in [-0.05, 0) is 50.9 Å². The molecule has 0 aliphatic rings. The lowest BCUT2D eigenvalue weighted by molar-refractivity contribution is 1.40. The lowest BCUT2D eigenvalue weighted by Crippen LogP contribution is -2.04. The van der Waals surface area contributed by atoms with Crippen molar-refractivity contribution in [3.63, 3.8) is 0 Å². The van der Waals surface area contributed by atoms with Crippen LogP contribution in [-0.4, -0.2) is 5.84 Å². The van der Waals surface area contributed by atoms with E-state index in [1.54, 1.807) is 6.92 Å². The van der Waals surface area contributed by atoms with E-state index in [2.05, 4.69) is 52.8 Å². The number of halogens is 3. The topological polar surface area (TPSA) is 38.4 Å². The zero-order valence-electron chi connectivity index (χ0n) is 6.81. The molecule has 0 saturated carbocycles. The van der Waals surface area contributed by atoms with Gasteiger partial charge in [-0.25, -0.2) is 4.99 Å². The van der Waals surface area contributed by atoms with Crippen LogP contribution in [0.4, 0.5) is 5.69 Å². The maximum absolute atomic E-state index is 5.50. The Morgan fingerprint density at radius 2 is 1.69 bits per heavy atom. The van der Waals surface area contributed by atoms with E-state index in [1.807, 2.05) is 12.1 Å². The molecule has 1 rings (SSSR count). The smallest absolute Gasteiger partial charge is 0.0965 e. The van der Waals surface area contributed by atoms with Gasteiger partial charge >= 0.3 is 0 Å². The lowest BCUT2D eigenvalue weighted by atomic mass is 10.3. The minimum atomic E-state index is 0.531. The second-order valence-electron chi connectivity index (χ2n) is 2.47. The van der Waals surface area contributed by atoms with Gasteiger partial charge in [-0.15, -0.1) is 0 Å². The second-order valence-corrected chi connectivity index (χ2v) is 5.10. The molecular weight excluding hydrogens is 364 g/mol. The molecule has 0 aromatic heterocycles. The molecule has 1 aromatic rings. The van der Waals surface area contributed by atoms with Crippen molar-refractivity contribution in [2.75, 3.05) is 0 Å². The van der Waals surface area contributed by atoms with Crippen LogP contribution >= 0.6 is 47.8 Å². The first kappa shape index (κ1) is 11.2. The average molecular weight is 371 g/mol. The first-order chi connectivity index (χ1) is 6.00. The molecule has 2 nitrogen and oxygen atoms in total. The summed E-state index contributed by atoms with van der Waals surface area (Å²) in [5.74, 6) is 0.531. The first-order valence-corrected chi connectivity index (χ1v) is 5.84. The zero-order valence-corrected chi connectivity index (χ0v) is 11.6. The molecule has 0 saturated heterocycles. The van der Waals surface area contributed by atoms with Gasteiger partial charge in [-0.2, -0.15) is 0 Å². The molecule has 0 unspecified atom stereocenters. The van der Waals surface area contributed by atoms with Gasteiger partial charge in [0, 0.05) is 13.4 Å². The fourth-order valence-corrected chi connectivity index (χ4v) is 3.25. The van der Waals surface area contributed by atoms with E-state index in [-0.39, 0.29) is 0 Å². The van der Waals surface area contributed by atoms with Crippen LogP contribution in [0.1, 0.15) is 6.92 Å². The minimum absolute atomic E-state index is 0.531. The normalized spacial score (nSPS) is 11.8. The maximum atomic E-state index is 5.50. The van der Waals surface area contributed by atoms with Crippen LogP contribution in [0.3, 0.4) is 0 Å². The van der Waals surface area contributed by atoms with Gasteiger partial charge in [-0.3, -0.25) is 0 Å². The summed E-state index contributed by atoms with van der Waals surface area (Å²) in [7, 11) is 0. The summed E-state index contributed by atoms with van der Waals surface area (Å²) in [5.41, 5.74) is 6.31. The molecule has 2 N–H and O–H groups in total. The summed E-state index contributed by atoms with van der Waals surface area (Å²) in [4.78, 5) is 4.18. The largest absolute Gasteiger partial charge is 0.387 e. The van der Waals surface area contributed by atoms with Crippen LogP contribution in [0, 0.1) is 0 Å². The highest BCUT2D eigenvalue weighted by Crippen LogP contribution is 2.36. The Morgan fingerprint density at radius 3 is 2.08 bits per heavy atom. The quantitative estimate of drug-likeness (QED) is 0.589. The highest BCUT2D eigenvalue weighted by atomic mass is 79.9. The van der Waals surface area contributed by atoms with Crippen molar-refractivity contribution in [2.45, 2.75) is 6.92 Å². The van der Waals surface area contributed by atoms with E-state index in [0.29, 0.717) is 5.84 Å². The molecule has 0 amide bonds. The van der Waals surface area contributed by atoms with E-state index in [9.17, 15) is 0 Å². The molecule has 13 heavy (non-hydrogen) atoms. The third kappa shape index (κ3) is 3.07. The van der Waals surface area contributed by atoms with E-state index in [1.165, 1.54) is 0 Å². The predicted octanol–water partition coefficient (Wildman–Crippen LogP) is 3.98. The van der Waals surface area contributed by atoms with Gasteiger partial charge in [0.05, 0.1) is 11.5 Å². The molecule has 0 atom stereocenters. The van der Waals surface area contributed by atoms with E-state index in [0.717, 1.165) is 19.1 Å². The number of nitrogens with zero attached hydrogens (tertiary/aromatic N) is 1. The average Bonchev–Trinajstić information content (AvgIpc) is 1.96. The van der Waals surface area contributed by atoms with Crippen LogP contribution in [-0.2, 0) is 0 Å². The molecule has 1 aromatic carbocycles. The van der Waals surface area contributed by atoms with Crippen molar-refractivity contribution < 1.29 is 0 Å². The highest BCUT2D eigenvalue weighted by molar-refractivity contribution is 9.11. The standard InChI is InChI=1S/C8H7Br3N2/c1-4(12)13-8-6(10)2-5(9)3-7(8)11/h2-3H,1H3,(H2,12,13). The number of nitrogens with two attached hydrogens (primary N) is 1. The highest BCUT2D eigenvalue weighted by Gasteiger charge is 2.05. The molecule has 0 fully saturated rings. The van der Waals surface area contributed by atoms with Gasteiger partial charge in [-0.1, -0.05) is 15.9 Å². The van der Waals surface area contributed by atoms with Crippen molar-refractivity contribution in [2.24, 2.45) is 10.7 Å². The van der Waals surface area contributed by atoms with Gasteiger partial charge in [0.15, 0.2) is 0 Å². The molecule has 0 bridgehead atoms. The van der Waals surface area contributed by atoms with E-state index >= 15 is 0 Å². The molecule has 70 valence electrons. The Hall–Kier alpha value is 0.130. The fourth-order valence-electron chi connectivity index (χ4n) is 0.818. The van der Waals surface area contributed by atoms with Gasteiger partial charge in [0.1, 0.15) is 0 Å². The van der Waals surface area contributed by atoms with Crippen molar-refractivity contribution in [3.05, 3.63) is 25.6 Å². The molecular formula is C8H7Br3N2. The van der Waals surface area contributed by atoms with E-state index < -0.39 is 0 Å². The number of hydrogen-bond acceptors (Lipinski definition) is 1. The van der Waals surface area contributed by atoms with Crippen LogP contribution in [0.25, 0.3) is 0 Å². The minimum Gasteiger partial charge on any atom is -0.387 e. The number of amidine groups is 1. The van der Waals surface area contributed by atoms with Crippen molar-refractivity contribution in [3.8, 4) is 0 Å². The SMILES string of the molecule is CC(N)=Nc1c(Br)cc(Br)cc1Br. The molecule has 0 radical (unpaired) electrons. The monoisotopic (exact) mass is 368 g/mol. The summed E-state index contributed by atoms with van der Waals surface area (Å²) >= 11 is 10.2. The zero-order chi connectivity index (χ0) is 10.0. The van der Waals surface area contributed by atoms with E-state index in [4.69, 9.17) is 5.73 Å². The van der Waals surface area contributed by atoms with Crippen LogP contribution < -0.4 is 5.73 Å². The number of rotatable bonds is 1. The van der Waals surface area contributed by atoms with Crippen molar-refractivity contribution in [1.29, 1.82) is 0 Å². The summed E-state index contributed by atoms with van der Waals surface area (Å²) in [6.07, 6.45) is 0. The summed E-state index contributed by atoms with van der Waals surface area (Å²) in [6, 6.07) is 3.85. The van der Waals surface area contributed by atoms with Crippen LogP contribution in [0.2, 0.25) is 0 Å². The number of hydrogen-bond donors (Lipinski definition) is 1. The lowest BCUT2D eigenvalue weighted by Gasteiger charge is -2.03. The molecule has 5 heteroatoms. The van der Waals surface area contributed by atoms with Crippen LogP contribution in [0.5, 0.6) is 0 Å². The van der Waals surface area contributed by atoms with Gasteiger partial charge < -0.3 is 5.73 Å². The Balaban J connectivity index is 3.29. The fraction of sp³-hybridized carbons (Fsp3) is 0.125. The Labute approximate surface area is 102 Å². The van der Waals surface area contributed by atoms with Gasteiger partial charge in [0.25, 0.3) is 0 Å². The van der Waals surface area contributed by atoms with Crippen molar-refractivity contribution in [1.82, 2.24) is 0 Å². The first-order valence-electron chi connectivity index (χ1n) is 3.46. The Kier molecular flexibility index (Phi) is 3.94. The maximum Gasteiger partial charge on any atom is 0.0965 e. The molecule has 0 heterocycles. The number of aliphatic imine (C=N–C) groups is 1. The molecule has 0 spiro atoms. The third-order valence-electron chi connectivity index (χ3n) is 1.27. The predicted molar refractivity (Wildman–Crippen MR) is 66.5 cm³/mol. The Morgan fingerprint density at radius 1 is 1.23 bits per heavy atom.